The molecule has 0 fully saturated rings. The average molecular weight is 250 g/mol. The molecule has 1 rings (SSSR count). The molecule has 17 heavy (non-hydrogen) atoms. The minimum Gasteiger partial charge on any atom is -0.396 e. The summed E-state index contributed by atoms with van der Waals surface area (Å²) in [5.74, 6) is 0.412. The number of aryl methyl sites for hydroxylation is 1. The summed E-state index contributed by atoms with van der Waals surface area (Å²) in [6.07, 6.45) is -2.32. The monoisotopic (exact) mass is 250 g/mol. The summed E-state index contributed by atoms with van der Waals surface area (Å²) < 4.78 is 39.2. The molecule has 0 radical (unpaired) electrons. The number of aliphatic hydroxyl groups excluding tert-OH is 1. The fourth-order valence-corrected chi connectivity index (χ4v) is 1.51. The van der Waals surface area contributed by atoms with Gasteiger partial charge in [0.1, 0.15) is 0 Å². The second kappa shape index (κ2) is 5.53. The first-order valence-electron chi connectivity index (χ1n) is 5.59. The van der Waals surface area contributed by atoms with Crippen molar-refractivity contribution in [2.45, 2.75) is 39.4 Å². The Labute approximate surface area is 98.2 Å². The molecule has 0 aromatic carbocycles. The van der Waals surface area contributed by atoms with Gasteiger partial charge in [0.25, 0.3) is 0 Å². The van der Waals surface area contributed by atoms with Gasteiger partial charge >= 0.3 is 6.18 Å². The third-order valence-electron chi connectivity index (χ3n) is 2.42. The van der Waals surface area contributed by atoms with Crippen molar-refractivity contribution in [1.82, 2.24) is 9.78 Å². The van der Waals surface area contributed by atoms with Crippen LogP contribution in [0.4, 0.5) is 13.2 Å². The summed E-state index contributed by atoms with van der Waals surface area (Å²) in [6, 6.07) is 0. The largest absolute Gasteiger partial charge is 0.435 e. The molecule has 0 spiro atoms. The summed E-state index contributed by atoms with van der Waals surface area (Å²) in [5, 5.41) is 12.3. The molecule has 0 aliphatic rings. The first kappa shape index (κ1) is 14.0. The van der Waals surface area contributed by atoms with Gasteiger partial charge in [-0.05, 0) is 18.8 Å². The van der Waals surface area contributed by atoms with Crippen LogP contribution in [-0.2, 0) is 19.1 Å². The summed E-state index contributed by atoms with van der Waals surface area (Å²) in [6.45, 7) is 4.16. The summed E-state index contributed by atoms with van der Waals surface area (Å²) >= 11 is 0. The Bertz CT molecular complexity index is 358. The molecule has 98 valence electrons. The van der Waals surface area contributed by atoms with Crippen molar-refractivity contribution in [2.24, 2.45) is 5.92 Å². The van der Waals surface area contributed by atoms with Crippen LogP contribution in [0.25, 0.3) is 0 Å². The van der Waals surface area contributed by atoms with Crippen molar-refractivity contribution < 1.29 is 18.3 Å². The maximum absolute atomic E-state index is 12.6. The van der Waals surface area contributed by atoms with Gasteiger partial charge in [-0.1, -0.05) is 13.8 Å². The molecule has 1 aromatic rings. The van der Waals surface area contributed by atoms with Gasteiger partial charge in [0.15, 0.2) is 5.69 Å². The number of aliphatic hydroxyl groups is 1. The fourth-order valence-electron chi connectivity index (χ4n) is 1.51. The number of hydrogen-bond donors (Lipinski definition) is 1. The summed E-state index contributed by atoms with van der Waals surface area (Å²) in [4.78, 5) is 0. The number of hydrogen-bond acceptors (Lipinski definition) is 2. The van der Waals surface area contributed by atoms with Gasteiger partial charge in [-0.15, -0.1) is 0 Å². The normalized spacial score (nSPS) is 12.4. The topological polar surface area (TPSA) is 38.0 Å². The smallest absolute Gasteiger partial charge is 0.396 e. The highest BCUT2D eigenvalue weighted by molar-refractivity contribution is 5.20. The Kier molecular flexibility index (Phi) is 4.56. The predicted octanol–water partition coefficient (Wildman–Crippen LogP) is 2.48. The van der Waals surface area contributed by atoms with Gasteiger partial charge in [0.05, 0.1) is 0 Å². The molecule has 0 aliphatic carbocycles. The van der Waals surface area contributed by atoms with E-state index >= 15 is 0 Å². The predicted molar refractivity (Wildman–Crippen MR) is 57.5 cm³/mol. The summed E-state index contributed by atoms with van der Waals surface area (Å²) in [7, 11) is 0. The highest BCUT2D eigenvalue weighted by Gasteiger charge is 2.36. The van der Waals surface area contributed by atoms with Crippen LogP contribution in [0.5, 0.6) is 0 Å². The molecule has 0 bridgehead atoms. The zero-order chi connectivity index (χ0) is 13.1. The van der Waals surface area contributed by atoms with Crippen molar-refractivity contribution in [1.29, 1.82) is 0 Å². The van der Waals surface area contributed by atoms with Crippen LogP contribution in [0.2, 0.25) is 0 Å². The minimum absolute atomic E-state index is 0.0173. The zero-order valence-electron chi connectivity index (χ0n) is 9.96. The molecule has 1 heterocycles. The van der Waals surface area contributed by atoms with Crippen molar-refractivity contribution in [3.8, 4) is 0 Å². The van der Waals surface area contributed by atoms with Crippen molar-refractivity contribution in [2.75, 3.05) is 6.61 Å². The molecule has 6 heteroatoms. The fraction of sp³-hybridized carbons (Fsp3) is 0.727. The lowest BCUT2D eigenvalue weighted by Crippen LogP contribution is -2.11. The van der Waals surface area contributed by atoms with Crippen molar-refractivity contribution >= 4 is 0 Å². The number of halogens is 3. The van der Waals surface area contributed by atoms with Crippen molar-refractivity contribution in [3.63, 3.8) is 0 Å². The maximum atomic E-state index is 12.6. The van der Waals surface area contributed by atoms with Crippen LogP contribution in [0.1, 0.15) is 31.5 Å². The van der Waals surface area contributed by atoms with E-state index in [0.717, 1.165) is 6.42 Å². The number of alkyl halides is 3. The molecule has 0 saturated carbocycles. The molecule has 0 saturated heterocycles. The van der Waals surface area contributed by atoms with E-state index in [1.54, 1.807) is 0 Å². The lowest BCUT2D eigenvalue weighted by atomic mass is 10.1. The molecular weight excluding hydrogens is 233 g/mol. The van der Waals surface area contributed by atoms with E-state index in [1.807, 2.05) is 13.8 Å². The van der Waals surface area contributed by atoms with E-state index in [-0.39, 0.29) is 18.6 Å². The standard InChI is InChI=1S/C11H17F3N2O/c1-8(2)3-5-16-7-9(4-6-17)10(15-16)11(12,13)14/h7-8,17H,3-6H2,1-2H3. The van der Waals surface area contributed by atoms with Gasteiger partial charge in [0, 0.05) is 24.9 Å². The van der Waals surface area contributed by atoms with E-state index < -0.39 is 11.9 Å². The van der Waals surface area contributed by atoms with Crippen LogP contribution >= 0.6 is 0 Å². The van der Waals surface area contributed by atoms with Gasteiger partial charge in [0.2, 0.25) is 0 Å². The second-order valence-corrected chi connectivity index (χ2v) is 4.42. The quantitative estimate of drug-likeness (QED) is 0.871. The van der Waals surface area contributed by atoms with Crippen LogP contribution < -0.4 is 0 Å². The Morgan fingerprint density at radius 1 is 1.41 bits per heavy atom. The second-order valence-electron chi connectivity index (χ2n) is 4.42. The molecular formula is C11H17F3N2O. The zero-order valence-corrected chi connectivity index (χ0v) is 9.96. The van der Waals surface area contributed by atoms with Crippen LogP contribution in [0.3, 0.4) is 0 Å². The minimum atomic E-state index is -4.45. The Hall–Kier alpha value is -1.04. The van der Waals surface area contributed by atoms with Gasteiger partial charge < -0.3 is 5.11 Å². The Balaban J connectivity index is 2.88. The maximum Gasteiger partial charge on any atom is 0.435 e. The van der Waals surface area contributed by atoms with E-state index in [4.69, 9.17) is 5.11 Å². The lowest BCUT2D eigenvalue weighted by Gasteiger charge is -2.05. The van der Waals surface area contributed by atoms with Gasteiger partial charge in [-0.3, -0.25) is 4.68 Å². The first-order chi connectivity index (χ1) is 7.84. The van der Waals surface area contributed by atoms with Crippen LogP contribution in [0.15, 0.2) is 6.20 Å². The lowest BCUT2D eigenvalue weighted by molar-refractivity contribution is -0.142. The SMILES string of the molecule is CC(C)CCn1cc(CCO)c(C(F)(F)F)n1. The highest BCUT2D eigenvalue weighted by Crippen LogP contribution is 2.30. The average Bonchev–Trinajstić information content (AvgIpc) is 2.58. The molecule has 0 atom stereocenters. The molecule has 3 nitrogen and oxygen atoms in total. The highest BCUT2D eigenvalue weighted by atomic mass is 19.4. The van der Waals surface area contributed by atoms with E-state index in [1.165, 1.54) is 10.9 Å². The van der Waals surface area contributed by atoms with Gasteiger partial charge in [-0.2, -0.15) is 18.3 Å². The van der Waals surface area contributed by atoms with Gasteiger partial charge in [-0.25, -0.2) is 0 Å². The number of nitrogens with zero attached hydrogens (tertiary/aromatic N) is 2. The Morgan fingerprint density at radius 2 is 2.06 bits per heavy atom. The number of rotatable bonds is 5. The molecule has 0 amide bonds. The van der Waals surface area contributed by atoms with E-state index in [9.17, 15) is 13.2 Å². The third kappa shape index (κ3) is 4.03. The van der Waals surface area contributed by atoms with E-state index in [0.29, 0.717) is 12.5 Å². The molecule has 1 aromatic heterocycles. The first-order valence-corrected chi connectivity index (χ1v) is 5.59. The van der Waals surface area contributed by atoms with Crippen LogP contribution in [-0.4, -0.2) is 21.5 Å². The molecule has 0 unspecified atom stereocenters. The Morgan fingerprint density at radius 3 is 2.53 bits per heavy atom. The molecule has 1 N–H and O–H groups in total. The van der Waals surface area contributed by atoms with Crippen molar-refractivity contribution in [3.05, 3.63) is 17.5 Å². The van der Waals surface area contributed by atoms with E-state index in [2.05, 4.69) is 5.10 Å². The third-order valence-corrected chi connectivity index (χ3v) is 2.42. The number of aromatic nitrogens is 2. The summed E-state index contributed by atoms with van der Waals surface area (Å²) in [5.41, 5.74) is -0.820. The van der Waals surface area contributed by atoms with Crippen LogP contribution in [0, 0.1) is 5.92 Å². The molecule has 0 aliphatic heterocycles.